The minimum atomic E-state index is -0.160. The largest absolute Gasteiger partial charge is 0.448 e. The first-order valence-corrected chi connectivity index (χ1v) is 5.96. The van der Waals surface area contributed by atoms with Gasteiger partial charge in [-0.25, -0.2) is 4.79 Å². The molecule has 2 aliphatic heterocycles. The van der Waals surface area contributed by atoms with Gasteiger partial charge in [0.2, 0.25) is 0 Å². The third-order valence-corrected chi connectivity index (χ3v) is 3.40. The molecule has 2 aliphatic rings. The van der Waals surface area contributed by atoms with Gasteiger partial charge in [-0.3, -0.25) is 0 Å². The molecule has 0 unspecified atom stereocenters. The van der Waals surface area contributed by atoms with Crippen molar-refractivity contribution in [2.75, 3.05) is 46.4 Å². The number of carbonyl (C=O) groups excluding carboxylic acids is 1. The Labute approximate surface area is 96.3 Å². The van der Waals surface area contributed by atoms with Crippen molar-refractivity contribution in [3.63, 3.8) is 0 Å². The lowest BCUT2D eigenvalue weighted by Crippen LogP contribution is -2.41. The summed E-state index contributed by atoms with van der Waals surface area (Å²) in [6, 6.07) is 0. The maximum Gasteiger partial charge on any atom is 0.409 e. The molecule has 0 aliphatic carbocycles. The highest BCUT2D eigenvalue weighted by Gasteiger charge is 2.23. The first kappa shape index (κ1) is 11.7. The molecule has 2 fully saturated rings. The molecule has 2 rings (SSSR count). The van der Waals surface area contributed by atoms with Crippen LogP contribution >= 0.6 is 0 Å². The van der Waals surface area contributed by atoms with Gasteiger partial charge >= 0.3 is 6.09 Å². The quantitative estimate of drug-likeness (QED) is 0.704. The highest BCUT2D eigenvalue weighted by atomic mass is 16.6. The van der Waals surface area contributed by atoms with E-state index < -0.39 is 0 Å². The minimum absolute atomic E-state index is 0.160. The van der Waals surface area contributed by atoms with Gasteiger partial charge in [-0.15, -0.1) is 0 Å². The van der Waals surface area contributed by atoms with Crippen LogP contribution in [0.4, 0.5) is 4.79 Å². The Bertz CT molecular complexity index is 239. The molecule has 0 aromatic heterocycles. The van der Waals surface area contributed by atoms with Gasteiger partial charge in [0.1, 0.15) is 6.61 Å². The lowest BCUT2D eigenvalue weighted by atomic mass is 10.1. The normalized spacial score (nSPS) is 23.8. The Morgan fingerprint density at radius 3 is 2.62 bits per heavy atom. The number of hydrogen-bond donors (Lipinski definition) is 0. The lowest BCUT2D eigenvalue weighted by Gasteiger charge is -2.31. The van der Waals surface area contributed by atoms with Gasteiger partial charge in [0.15, 0.2) is 0 Å². The number of cyclic esters (lactones) is 1. The van der Waals surface area contributed by atoms with E-state index in [0.29, 0.717) is 12.7 Å². The van der Waals surface area contributed by atoms with Crippen molar-refractivity contribution in [2.24, 2.45) is 0 Å². The molecule has 0 aromatic carbocycles. The summed E-state index contributed by atoms with van der Waals surface area (Å²) >= 11 is 0. The minimum Gasteiger partial charge on any atom is -0.448 e. The van der Waals surface area contributed by atoms with Gasteiger partial charge in [0.05, 0.1) is 12.6 Å². The zero-order valence-electron chi connectivity index (χ0n) is 9.85. The first-order valence-electron chi connectivity index (χ1n) is 5.96. The predicted molar refractivity (Wildman–Crippen MR) is 59.4 cm³/mol. The van der Waals surface area contributed by atoms with Crippen LogP contribution in [0, 0.1) is 0 Å². The van der Waals surface area contributed by atoms with Crippen LogP contribution in [0.15, 0.2) is 0 Å². The Hall–Kier alpha value is -0.810. The molecular formula is C11H20N2O3. The third-order valence-electron chi connectivity index (χ3n) is 3.40. The summed E-state index contributed by atoms with van der Waals surface area (Å²) in [5.41, 5.74) is 0. The number of hydrogen-bond acceptors (Lipinski definition) is 4. The number of piperidine rings is 1. The molecule has 2 saturated heterocycles. The van der Waals surface area contributed by atoms with Crippen LogP contribution in [0.5, 0.6) is 0 Å². The molecule has 0 saturated carbocycles. The average Bonchev–Trinajstić information content (AvgIpc) is 2.73. The fourth-order valence-corrected chi connectivity index (χ4v) is 2.26. The topological polar surface area (TPSA) is 42.0 Å². The molecule has 0 atom stereocenters. The zero-order chi connectivity index (χ0) is 11.4. The Morgan fingerprint density at radius 2 is 2.06 bits per heavy atom. The van der Waals surface area contributed by atoms with E-state index in [1.54, 1.807) is 12.0 Å². The first-order chi connectivity index (χ1) is 7.79. The number of methoxy groups -OCH3 is 1. The van der Waals surface area contributed by atoms with Crippen LogP contribution in [0.1, 0.15) is 12.8 Å². The molecule has 5 heteroatoms. The fourth-order valence-electron chi connectivity index (χ4n) is 2.26. The number of carbonyl (C=O) groups is 1. The molecule has 5 nitrogen and oxygen atoms in total. The summed E-state index contributed by atoms with van der Waals surface area (Å²) in [7, 11) is 1.78. The lowest BCUT2D eigenvalue weighted by molar-refractivity contribution is 0.0394. The van der Waals surface area contributed by atoms with E-state index in [0.717, 1.165) is 45.6 Å². The van der Waals surface area contributed by atoms with Crippen molar-refractivity contribution in [1.82, 2.24) is 9.80 Å². The number of ether oxygens (including phenoxy) is 2. The SMILES string of the molecule is COC1CCN(CCN2CCOC2=O)CC1. The third kappa shape index (κ3) is 2.86. The van der Waals surface area contributed by atoms with Gasteiger partial charge in [0, 0.05) is 33.3 Å². The molecule has 0 spiro atoms. The number of rotatable bonds is 4. The van der Waals surface area contributed by atoms with Crippen molar-refractivity contribution in [3.8, 4) is 0 Å². The van der Waals surface area contributed by atoms with Crippen LogP contribution in [0.25, 0.3) is 0 Å². The van der Waals surface area contributed by atoms with Crippen LogP contribution < -0.4 is 0 Å². The van der Waals surface area contributed by atoms with Crippen molar-refractivity contribution in [3.05, 3.63) is 0 Å². The van der Waals surface area contributed by atoms with Gasteiger partial charge in [-0.2, -0.15) is 0 Å². The predicted octanol–water partition coefficient (Wildman–Crippen LogP) is 0.549. The molecule has 16 heavy (non-hydrogen) atoms. The van der Waals surface area contributed by atoms with Crippen molar-refractivity contribution >= 4 is 6.09 Å². The van der Waals surface area contributed by atoms with Gasteiger partial charge < -0.3 is 19.3 Å². The molecular weight excluding hydrogens is 208 g/mol. The molecule has 1 amide bonds. The van der Waals surface area contributed by atoms with E-state index in [2.05, 4.69) is 4.90 Å². The molecule has 0 aromatic rings. The van der Waals surface area contributed by atoms with E-state index in [-0.39, 0.29) is 6.09 Å². The number of amides is 1. The number of likely N-dealkylation sites (tertiary alicyclic amines) is 1. The molecule has 2 heterocycles. The second kappa shape index (κ2) is 5.50. The summed E-state index contributed by atoms with van der Waals surface area (Å²) in [4.78, 5) is 15.4. The van der Waals surface area contributed by atoms with Crippen LogP contribution in [-0.4, -0.2) is 68.4 Å². The van der Waals surface area contributed by atoms with E-state index >= 15 is 0 Å². The van der Waals surface area contributed by atoms with Crippen LogP contribution in [0.2, 0.25) is 0 Å². The van der Waals surface area contributed by atoms with E-state index in [4.69, 9.17) is 9.47 Å². The molecule has 92 valence electrons. The van der Waals surface area contributed by atoms with Crippen LogP contribution in [-0.2, 0) is 9.47 Å². The maximum absolute atomic E-state index is 11.2. The Morgan fingerprint density at radius 1 is 1.31 bits per heavy atom. The second-order valence-corrected chi connectivity index (χ2v) is 4.38. The van der Waals surface area contributed by atoms with Crippen molar-refractivity contribution in [2.45, 2.75) is 18.9 Å². The van der Waals surface area contributed by atoms with E-state index in [1.165, 1.54) is 0 Å². The van der Waals surface area contributed by atoms with Gasteiger partial charge in [-0.1, -0.05) is 0 Å². The molecule has 0 radical (unpaired) electrons. The Kier molecular flexibility index (Phi) is 4.01. The summed E-state index contributed by atoms with van der Waals surface area (Å²) in [5, 5.41) is 0. The van der Waals surface area contributed by atoms with Crippen LogP contribution in [0.3, 0.4) is 0 Å². The van der Waals surface area contributed by atoms with Crippen molar-refractivity contribution in [1.29, 1.82) is 0 Å². The maximum atomic E-state index is 11.2. The van der Waals surface area contributed by atoms with Gasteiger partial charge in [-0.05, 0) is 12.8 Å². The zero-order valence-corrected chi connectivity index (χ0v) is 9.85. The van der Waals surface area contributed by atoms with Crippen molar-refractivity contribution < 1.29 is 14.3 Å². The Balaban J connectivity index is 1.65. The summed E-state index contributed by atoms with van der Waals surface area (Å²) in [6.07, 6.45) is 2.46. The summed E-state index contributed by atoms with van der Waals surface area (Å²) in [5.74, 6) is 0. The summed E-state index contributed by atoms with van der Waals surface area (Å²) < 4.78 is 10.2. The van der Waals surface area contributed by atoms with E-state index in [9.17, 15) is 4.79 Å². The highest BCUT2D eigenvalue weighted by Crippen LogP contribution is 2.13. The molecule has 0 N–H and O–H groups in total. The van der Waals surface area contributed by atoms with Gasteiger partial charge in [0.25, 0.3) is 0 Å². The molecule has 0 bridgehead atoms. The highest BCUT2D eigenvalue weighted by molar-refractivity contribution is 5.69. The monoisotopic (exact) mass is 228 g/mol. The average molecular weight is 228 g/mol. The standard InChI is InChI=1S/C11H20N2O3/c1-15-10-2-4-12(5-3-10)6-7-13-8-9-16-11(13)14/h10H,2-9H2,1H3. The smallest absolute Gasteiger partial charge is 0.409 e. The fraction of sp³-hybridized carbons (Fsp3) is 0.909. The number of nitrogens with zero attached hydrogens (tertiary/aromatic N) is 2. The van der Waals surface area contributed by atoms with E-state index in [1.807, 2.05) is 0 Å². The summed E-state index contributed by atoms with van der Waals surface area (Å²) in [6.45, 7) is 5.17. The second-order valence-electron chi connectivity index (χ2n) is 4.38.